The second kappa shape index (κ2) is 13.1. The van der Waals surface area contributed by atoms with Gasteiger partial charge in [0.2, 0.25) is 11.8 Å². The van der Waals surface area contributed by atoms with Gasteiger partial charge in [0.05, 0.1) is 13.1 Å². The average Bonchev–Trinajstić information content (AvgIpc) is 3.38. The van der Waals surface area contributed by atoms with Crippen LogP contribution in [-0.2, 0) is 40.4 Å². The zero-order chi connectivity index (χ0) is 31.5. The third kappa shape index (κ3) is 6.53. The summed E-state index contributed by atoms with van der Waals surface area (Å²) in [4.78, 5) is 44.4. The number of hydrazine groups is 1. The standard InChI is InChI=1S/C33H34N6O5S/c1-36(33(42)34-19-24-8-3-2-4-9-24)38-22-31(40)39-29(18-23-14-16-27(17-15-23)35-45(43)44)32(41)37(21-30(38)39)20-26-12-7-11-25-10-5-6-13-28(25)26/h2-17,29-30,35H,18-22H2,1H3,(H,34,42)(H,43,44)/t29-,30+/m0/s1. The molecule has 1 unspecified atom stereocenters. The normalized spacial score (nSPS) is 19.0. The van der Waals surface area contributed by atoms with E-state index in [4.69, 9.17) is 4.55 Å². The molecule has 2 fully saturated rings. The van der Waals surface area contributed by atoms with Crippen molar-refractivity contribution >= 4 is 45.6 Å². The van der Waals surface area contributed by atoms with Crippen LogP contribution in [0.25, 0.3) is 10.8 Å². The molecule has 0 aromatic heterocycles. The highest BCUT2D eigenvalue weighted by Gasteiger charge is 2.51. The molecule has 4 amide bonds. The first-order valence-corrected chi connectivity index (χ1v) is 15.7. The van der Waals surface area contributed by atoms with Crippen LogP contribution in [0.3, 0.4) is 0 Å². The van der Waals surface area contributed by atoms with Crippen molar-refractivity contribution in [3.8, 4) is 0 Å². The highest BCUT2D eigenvalue weighted by atomic mass is 32.2. The fraction of sp³-hybridized carbons (Fsp3) is 0.242. The predicted octanol–water partition coefficient (Wildman–Crippen LogP) is 3.57. The van der Waals surface area contributed by atoms with Crippen molar-refractivity contribution < 1.29 is 23.1 Å². The number of anilines is 1. The van der Waals surface area contributed by atoms with Crippen LogP contribution in [-0.4, -0.2) is 78.8 Å². The van der Waals surface area contributed by atoms with E-state index < -0.39 is 23.5 Å². The molecule has 232 valence electrons. The lowest BCUT2D eigenvalue weighted by Gasteiger charge is -2.46. The molecule has 11 nitrogen and oxygen atoms in total. The van der Waals surface area contributed by atoms with Gasteiger partial charge in [0.1, 0.15) is 12.2 Å². The first-order chi connectivity index (χ1) is 21.8. The van der Waals surface area contributed by atoms with Crippen molar-refractivity contribution in [2.45, 2.75) is 31.7 Å². The minimum atomic E-state index is -2.21. The number of nitrogens with one attached hydrogen (secondary N) is 2. The van der Waals surface area contributed by atoms with Gasteiger partial charge in [-0.3, -0.25) is 23.9 Å². The minimum Gasteiger partial charge on any atom is -0.333 e. The molecule has 0 spiro atoms. The Morgan fingerprint density at radius 2 is 1.64 bits per heavy atom. The largest absolute Gasteiger partial charge is 0.333 e. The molecule has 0 bridgehead atoms. The fourth-order valence-electron chi connectivity index (χ4n) is 6.12. The topological polar surface area (TPSA) is 126 Å². The maximum atomic E-state index is 14.2. The molecule has 45 heavy (non-hydrogen) atoms. The molecule has 0 aliphatic carbocycles. The van der Waals surface area contributed by atoms with E-state index in [2.05, 4.69) is 10.0 Å². The van der Waals surface area contributed by atoms with Gasteiger partial charge >= 0.3 is 6.03 Å². The van der Waals surface area contributed by atoms with E-state index in [0.717, 1.165) is 27.5 Å². The number of amides is 4. The Labute approximate surface area is 263 Å². The summed E-state index contributed by atoms with van der Waals surface area (Å²) in [5.41, 5.74) is 3.19. The second-order valence-corrected chi connectivity index (χ2v) is 11.9. The summed E-state index contributed by atoms with van der Waals surface area (Å²) in [6, 6.07) is 29.3. The molecule has 4 aromatic carbocycles. The molecule has 2 aliphatic rings. The van der Waals surface area contributed by atoms with E-state index >= 15 is 0 Å². The Hall–Kier alpha value is -4.78. The third-order valence-corrected chi connectivity index (χ3v) is 8.77. The number of benzene rings is 4. The highest BCUT2D eigenvalue weighted by molar-refractivity contribution is 7.80. The first-order valence-electron chi connectivity index (χ1n) is 14.6. The van der Waals surface area contributed by atoms with Gasteiger partial charge in [0, 0.05) is 32.2 Å². The van der Waals surface area contributed by atoms with Crippen LogP contribution in [0.15, 0.2) is 97.1 Å². The van der Waals surface area contributed by atoms with Gasteiger partial charge in [-0.2, -0.15) is 5.01 Å². The number of fused-ring (bicyclic) bond motifs is 2. The molecule has 4 aromatic rings. The van der Waals surface area contributed by atoms with Crippen molar-refractivity contribution in [2.75, 3.05) is 24.9 Å². The minimum absolute atomic E-state index is 0.0447. The van der Waals surface area contributed by atoms with Crippen LogP contribution < -0.4 is 10.0 Å². The zero-order valence-corrected chi connectivity index (χ0v) is 25.5. The van der Waals surface area contributed by atoms with E-state index in [-0.39, 0.29) is 37.4 Å². The smallest absolute Gasteiger partial charge is 0.332 e. The summed E-state index contributed by atoms with van der Waals surface area (Å²) in [5, 5.41) is 8.20. The number of urea groups is 1. The van der Waals surface area contributed by atoms with Gasteiger partial charge in [0.15, 0.2) is 0 Å². The van der Waals surface area contributed by atoms with Crippen LogP contribution in [0.4, 0.5) is 10.5 Å². The summed E-state index contributed by atoms with van der Waals surface area (Å²) in [5.74, 6) is -0.413. The molecule has 3 N–H and O–H groups in total. The number of carbonyl (C=O) groups is 3. The van der Waals surface area contributed by atoms with Gasteiger partial charge < -0.3 is 15.1 Å². The van der Waals surface area contributed by atoms with Crippen molar-refractivity contribution in [3.63, 3.8) is 0 Å². The summed E-state index contributed by atoms with van der Waals surface area (Å²) < 4.78 is 22.7. The molecule has 12 heteroatoms. The fourth-order valence-corrected chi connectivity index (χ4v) is 6.46. The molecule has 0 saturated carbocycles. The molecular formula is C33H34N6O5S. The van der Waals surface area contributed by atoms with Crippen molar-refractivity contribution in [1.82, 2.24) is 25.1 Å². The van der Waals surface area contributed by atoms with E-state index in [1.54, 1.807) is 46.1 Å². The van der Waals surface area contributed by atoms with Gasteiger partial charge in [0.25, 0.3) is 11.3 Å². The summed E-state index contributed by atoms with van der Waals surface area (Å²) in [6.45, 7) is 0.865. The Bertz CT molecular complexity index is 1730. The summed E-state index contributed by atoms with van der Waals surface area (Å²) in [6.07, 6.45) is -0.312. The number of hydrogen-bond donors (Lipinski definition) is 3. The van der Waals surface area contributed by atoms with E-state index in [0.29, 0.717) is 18.8 Å². The number of carbonyl (C=O) groups excluding carboxylic acids is 3. The lowest BCUT2D eigenvalue weighted by atomic mass is 9.99. The van der Waals surface area contributed by atoms with E-state index in [9.17, 15) is 18.6 Å². The van der Waals surface area contributed by atoms with Crippen molar-refractivity contribution in [3.05, 3.63) is 114 Å². The quantitative estimate of drug-likeness (QED) is 0.244. The third-order valence-electron chi connectivity index (χ3n) is 8.36. The van der Waals surface area contributed by atoms with Gasteiger partial charge in [-0.05, 0) is 39.6 Å². The lowest BCUT2D eigenvalue weighted by molar-refractivity contribution is -0.157. The monoisotopic (exact) mass is 626 g/mol. The Balaban J connectivity index is 1.28. The number of hydrogen-bond acceptors (Lipinski definition) is 5. The van der Waals surface area contributed by atoms with E-state index in [1.807, 2.05) is 72.8 Å². The van der Waals surface area contributed by atoms with Crippen molar-refractivity contribution in [2.24, 2.45) is 0 Å². The number of rotatable bonds is 9. The average molecular weight is 627 g/mol. The SMILES string of the molecule is CN(C(=O)NCc1ccccc1)N1CC(=O)N2[C@@H](Cc3ccc(NS(=O)O)cc3)C(=O)N(Cc3cccc4ccccc34)C[C@@H]21. The molecule has 0 radical (unpaired) electrons. The number of nitrogens with zero attached hydrogens (tertiary/aromatic N) is 4. The molecule has 2 heterocycles. The van der Waals surface area contributed by atoms with Gasteiger partial charge in [-0.25, -0.2) is 9.00 Å². The van der Waals surface area contributed by atoms with Crippen LogP contribution in [0, 0.1) is 0 Å². The predicted molar refractivity (Wildman–Crippen MR) is 171 cm³/mol. The molecule has 2 saturated heterocycles. The first kappa shape index (κ1) is 30.3. The summed E-state index contributed by atoms with van der Waals surface area (Å²) in [7, 11) is 1.63. The highest BCUT2D eigenvalue weighted by Crippen LogP contribution is 2.31. The number of piperazine rings is 1. The molecule has 6 rings (SSSR count). The van der Waals surface area contributed by atoms with Crippen LogP contribution >= 0.6 is 0 Å². The summed E-state index contributed by atoms with van der Waals surface area (Å²) >= 11 is -2.21. The van der Waals surface area contributed by atoms with Crippen LogP contribution in [0.2, 0.25) is 0 Å². The molecular weight excluding hydrogens is 592 g/mol. The lowest BCUT2D eigenvalue weighted by Crippen LogP contribution is -2.65. The second-order valence-electron chi connectivity index (χ2n) is 11.2. The maximum Gasteiger partial charge on any atom is 0.332 e. The van der Waals surface area contributed by atoms with Crippen LogP contribution in [0.1, 0.15) is 16.7 Å². The molecule has 3 atom stereocenters. The Kier molecular flexibility index (Phi) is 8.78. The zero-order valence-electron chi connectivity index (χ0n) is 24.7. The molecule has 2 aliphatic heterocycles. The van der Waals surface area contributed by atoms with Gasteiger partial charge in [-0.1, -0.05) is 84.9 Å². The Morgan fingerprint density at radius 1 is 0.933 bits per heavy atom. The Morgan fingerprint density at radius 3 is 2.40 bits per heavy atom. The van der Waals surface area contributed by atoms with Crippen molar-refractivity contribution in [1.29, 1.82) is 0 Å². The maximum absolute atomic E-state index is 14.2. The van der Waals surface area contributed by atoms with Gasteiger partial charge in [-0.15, -0.1) is 0 Å². The van der Waals surface area contributed by atoms with Crippen LogP contribution in [0.5, 0.6) is 0 Å². The van der Waals surface area contributed by atoms with E-state index in [1.165, 1.54) is 5.01 Å².